The van der Waals surface area contributed by atoms with E-state index in [1.165, 1.54) is 0 Å². The average molecular weight is 338 g/mol. The maximum atomic E-state index is 12.4. The molecule has 6 N–H and O–H groups in total. The lowest BCUT2D eigenvalue weighted by atomic mass is 9.82. The quantitative estimate of drug-likeness (QED) is 0.330. The number of aromatic nitrogens is 2. The Kier molecular flexibility index (Phi) is 9.03. The SMILES string of the molecule is CCC(C)(CC(=O)NCCNCCN)C(=O)NCCc1ncc[nH]1. The van der Waals surface area contributed by atoms with Crippen LogP contribution in [0, 0.1) is 5.41 Å². The summed E-state index contributed by atoms with van der Waals surface area (Å²) in [4.78, 5) is 31.6. The van der Waals surface area contributed by atoms with Gasteiger partial charge in [0.1, 0.15) is 5.82 Å². The predicted octanol–water partition coefficient (Wildman–Crippen LogP) is -0.461. The van der Waals surface area contributed by atoms with Gasteiger partial charge < -0.3 is 26.7 Å². The highest BCUT2D eigenvalue weighted by molar-refractivity contribution is 5.88. The van der Waals surface area contributed by atoms with Gasteiger partial charge in [-0.15, -0.1) is 0 Å². The molecule has 0 aromatic carbocycles. The Hall–Kier alpha value is -1.93. The number of imidazole rings is 1. The zero-order valence-corrected chi connectivity index (χ0v) is 14.7. The van der Waals surface area contributed by atoms with Gasteiger partial charge in [-0.25, -0.2) is 4.98 Å². The Labute approximate surface area is 143 Å². The van der Waals surface area contributed by atoms with Crippen LogP contribution in [0.25, 0.3) is 0 Å². The van der Waals surface area contributed by atoms with Gasteiger partial charge in [0.2, 0.25) is 11.8 Å². The molecular formula is C16H30N6O2. The highest BCUT2D eigenvalue weighted by Crippen LogP contribution is 2.25. The van der Waals surface area contributed by atoms with Crippen LogP contribution in [-0.2, 0) is 16.0 Å². The summed E-state index contributed by atoms with van der Waals surface area (Å²) in [6, 6.07) is 0. The smallest absolute Gasteiger partial charge is 0.226 e. The summed E-state index contributed by atoms with van der Waals surface area (Å²) in [7, 11) is 0. The van der Waals surface area contributed by atoms with Gasteiger partial charge in [0.15, 0.2) is 0 Å². The fourth-order valence-corrected chi connectivity index (χ4v) is 2.24. The van der Waals surface area contributed by atoms with Gasteiger partial charge in [-0.1, -0.05) is 13.8 Å². The zero-order chi connectivity index (χ0) is 17.8. The number of hydrogen-bond donors (Lipinski definition) is 5. The van der Waals surface area contributed by atoms with E-state index in [2.05, 4.69) is 25.9 Å². The number of aromatic amines is 1. The Bertz CT molecular complexity index is 491. The Morgan fingerprint density at radius 1 is 1.25 bits per heavy atom. The van der Waals surface area contributed by atoms with Crippen molar-refractivity contribution in [2.75, 3.05) is 32.7 Å². The number of carbonyl (C=O) groups is 2. The lowest BCUT2D eigenvalue weighted by molar-refractivity contribution is -0.135. The van der Waals surface area contributed by atoms with Gasteiger partial charge in [0.05, 0.1) is 5.41 Å². The highest BCUT2D eigenvalue weighted by atomic mass is 16.2. The molecule has 0 aliphatic rings. The summed E-state index contributed by atoms with van der Waals surface area (Å²) in [6.45, 7) is 6.72. The first kappa shape index (κ1) is 20.1. The van der Waals surface area contributed by atoms with Crippen LogP contribution in [0.1, 0.15) is 32.5 Å². The van der Waals surface area contributed by atoms with Crippen LogP contribution in [0.2, 0.25) is 0 Å². The van der Waals surface area contributed by atoms with Crippen molar-refractivity contribution in [3.8, 4) is 0 Å². The first-order valence-electron chi connectivity index (χ1n) is 8.46. The van der Waals surface area contributed by atoms with E-state index in [4.69, 9.17) is 5.73 Å². The van der Waals surface area contributed by atoms with Crippen molar-refractivity contribution in [1.29, 1.82) is 0 Å². The topological polar surface area (TPSA) is 125 Å². The maximum absolute atomic E-state index is 12.4. The van der Waals surface area contributed by atoms with Crippen LogP contribution in [-0.4, -0.2) is 54.5 Å². The van der Waals surface area contributed by atoms with Crippen LogP contribution in [0.3, 0.4) is 0 Å². The molecule has 0 aliphatic heterocycles. The van der Waals surface area contributed by atoms with E-state index < -0.39 is 5.41 Å². The van der Waals surface area contributed by atoms with Crippen molar-refractivity contribution in [3.63, 3.8) is 0 Å². The molecule has 0 fully saturated rings. The van der Waals surface area contributed by atoms with Crippen molar-refractivity contribution in [1.82, 2.24) is 25.9 Å². The van der Waals surface area contributed by atoms with Gasteiger partial charge in [0.25, 0.3) is 0 Å². The standard InChI is InChI=1S/C16H30N6O2/c1-3-16(2,12-14(23)21-9-8-18-7-5-17)15(24)22-6-4-13-19-10-11-20-13/h10-11,18H,3-9,12,17H2,1-2H3,(H,19,20)(H,21,23)(H,22,24). The van der Waals surface area contributed by atoms with Crippen molar-refractivity contribution in [2.24, 2.45) is 11.1 Å². The highest BCUT2D eigenvalue weighted by Gasteiger charge is 2.33. The predicted molar refractivity (Wildman–Crippen MR) is 93.3 cm³/mol. The molecule has 0 bridgehead atoms. The van der Waals surface area contributed by atoms with Crippen LogP contribution >= 0.6 is 0 Å². The number of nitrogens with two attached hydrogens (primary N) is 1. The van der Waals surface area contributed by atoms with Crippen LogP contribution in [0.4, 0.5) is 0 Å². The van der Waals surface area contributed by atoms with Crippen LogP contribution in [0.15, 0.2) is 12.4 Å². The molecule has 136 valence electrons. The molecule has 1 unspecified atom stereocenters. The number of hydrogen-bond acceptors (Lipinski definition) is 5. The third kappa shape index (κ3) is 7.10. The maximum Gasteiger partial charge on any atom is 0.226 e. The number of amides is 2. The van der Waals surface area contributed by atoms with Crippen molar-refractivity contribution < 1.29 is 9.59 Å². The lowest BCUT2D eigenvalue weighted by Crippen LogP contribution is -2.43. The van der Waals surface area contributed by atoms with E-state index in [0.717, 1.165) is 12.4 Å². The average Bonchev–Trinajstić information content (AvgIpc) is 3.07. The van der Waals surface area contributed by atoms with E-state index >= 15 is 0 Å². The number of H-pyrrole nitrogens is 1. The van der Waals surface area contributed by atoms with Gasteiger partial charge in [-0.05, 0) is 6.42 Å². The molecule has 1 heterocycles. The second kappa shape index (κ2) is 10.8. The number of rotatable bonds is 12. The van der Waals surface area contributed by atoms with E-state index in [1.807, 2.05) is 13.8 Å². The molecule has 1 aromatic rings. The minimum absolute atomic E-state index is 0.104. The van der Waals surface area contributed by atoms with Crippen molar-refractivity contribution in [3.05, 3.63) is 18.2 Å². The first-order valence-corrected chi connectivity index (χ1v) is 8.46. The number of carbonyl (C=O) groups excluding carboxylic acids is 2. The minimum atomic E-state index is -0.710. The number of nitrogens with zero attached hydrogens (tertiary/aromatic N) is 1. The van der Waals surface area contributed by atoms with Gasteiger partial charge in [-0.2, -0.15) is 0 Å². The third-order valence-corrected chi connectivity index (χ3v) is 4.03. The molecule has 1 atom stereocenters. The minimum Gasteiger partial charge on any atom is -0.355 e. The van der Waals surface area contributed by atoms with Crippen molar-refractivity contribution >= 4 is 11.8 Å². The van der Waals surface area contributed by atoms with Crippen LogP contribution in [0.5, 0.6) is 0 Å². The van der Waals surface area contributed by atoms with Gasteiger partial charge in [-0.3, -0.25) is 9.59 Å². The normalized spacial score (nSPS) is 13.3. The third-order valence-electron chi connectivity index (χ3n) is 4.03. The summed E-state index contributed by atoms with van der Waals surface area (Å²) in [5.74, 6) is 0.610. The summed E-state index contributed by atoms with van der Waals surface area (Å²) in [5, 5.41) is 8.83. The second-order valence-electron chi connectivity index (χ2n) is 6.02. The molecule has 8 heteroatoms. The molecule has 0 spiro atoms. The molecule has 24 heavy (non-hydrogen) atoms. The fraction of sp³-hybridized carbons (Fsp3) is 0.688. The summed E-state index contributed by atoms with van der Waals surface area (Å²) >= 11 is 0. The van der Waals surface area contributed by atoms with E-state index in [1.54, 1.807) is 12.4 Å². The van der Waals surface area contributed by atoms with Crippen LogP contribution < -0.4 is 21.7 Å². The Morgan fingerprint density at radius 2 is 2.04 bits per heavy atom. The van der Waals surface area contributed by atoms with E-state index in [9.17, 15) is 9.59 Å². The first-order chi connectivity index (χ1) is 11.5. The van der Waals surface area contributed by atoms with E-state index in [-0.39, 0.29) is 18.2 Å². The number of nitrogens with one attached hydrogen (secondary N) is 4. The molecular weight excluding hydrogens is 308 g/mol. The Balaban J connectivity index is 2.34. The van der Waals surface area contributed by atoms with Gasteiger partial charge in [0, 0.05) is 58.0 Å². The molecule has 0 saturated heterocycles. The largest absolute Gasteiger partial charge is 0.355 e. The van der Waals surface area contributed by atoms with Crippen molar-refractivity contribution in [2.45, 2.75) is 33.1 Å². The summed E-state index contributed by atoms with van der Waals surface area (Å²) < 4.78 is 0. The Morgan fingerprint density at radius 3 is 2.67 bits per heavy atom. The lowest BCUT2D eigenvalue weighted by Gasteiger charge is -2.26. The molecule has 0 saturated carbocycles. The summed E-state index contributed by atoms with van der Waals surface area (Å²) in [6.07, 6.45) is 4.84. The molecule has 2 amide bonds. The molecule has 1 rings (SSSR count). The van der Waals surface area contributed by atoms with Gasteiger partial charge >= 0.3 is 0 Å². The molecule has 0 radical (unpaired) electrons. The summed E-state index contributed by atoms with van der Waals surface area (Å²) in [5.41, 5.74) is 4.67. The molecule has 1 aromatic heterocycles. The van der Waals surface area contributed by atoms with E-state index in [0.29, 0.717) is 39.0 Å². The molecule has 8 nitrogen and oxygen atoms in total. The zero-order valence-electron chi connectivity index (χ0n) is 14.7. The second-order valence-corrected chi connectivity index (χ2v) is 6.02. The monoisotopic (exact) mass is 338 g/mol. The fourth-order valence-electron chi connectivity index (χ4n) is 2.24. The molecule has 0 aliphatic carbocycles.